The standard InChI is InChI=1S/C18H20FN3O3/c1-9-18(2,20)8-22(9)15-6-14-11(5-13(15)19)16(23)12(17(24)25)7-21(14)10-3-4-10/h5-7,9-10H,3-4,8,20H2,1-2H3,(H,24,25). The smallest absolute Gasteiger partial charge is 0.341 e. The van der Waals surface area contributed by atoms with E-state index in [0.717, 1.165) is 18.9 Å². The molecule has 25 heavy (non-hydrogen) atoms. The van der Waals surface area contributed by atoms with E-state index >= 15 is 0 Å². The molecule has 1 saturated carbocycles. The van der Waals surface area contributed by atoms with Gasteiger partial charge in [-0.3, -0.25) is 4.79 Å². The summed E-state index contributed by atoms with van der Waals surface area (Å²) >= 11 is 0. The van der Waals surface area contributed by atoms with Crippen LogP contribution in [0.1, 0.15) is 43.1 Å². The van der Waals surface area contributed by atoms with Crippen LogP contribution in [-0.4, -0.2) is 33.8 Å². The molecule has 4 rings (SSSR count). The number of pyridine rings is 1. The van der Waals surface area contributed by atoms with E-state index in [-0.39, 0.29) is 28.6 Å². The Morgan fingerprint density at radius 2 is 2.08 bits per heavy atom. The number of carboxylic acids is 1. The third-order valence-electron chi connectivity index (χ3n) is 5.51. The first-order chi connectivity index (χ1) is 11.7. The quantitative estimate of drug-likeness (QED) is 0.889. The first kappa shape index (κ1) is 16.1. The highest BCUT2D eigenvalue weighted by molar-refractivity contribution is 5.93. The lowest BCUT2D eigenvalue weighted by atomic mass is 9.83. The second-order valence-corrected chi connectivity index (χ2v) is 7.45. The molecule has 1 aromatic carbocycles. The summed E-state index contributed by atoms with van der Waals surface area (Å²) in [5.41, 5.74) is 5.76. The van der Waals surface area contributed by atoms with Crippen LogP contribution in [0.4, 0.5) is 10.1 Å². The number of benzene rings is 1. The SMILES string of the molecule is CC1N(c2cc3c(cc2F)c(=O)c(C(=O)O)cn3C2CC2)CC1(C)N. The summed E-state index contributed by atoms with van der Waals surface area (Å²) in [4.78, 5) is 25.7. The number of carbonyl (C=O) groups is 1. The monoisotopic (exact) mass is 345 g/mol. The minimum Gasteiger partial charge on any atom is -0.477 e. The van der Waals surface area contributed by atoms with Crippen LogP contribution in [0.3, 0.4) is 0 Å². The third-order valence-corrected chi connectivity index (χ3v) is 5.51. The van der Waals surface area contributed by atoms with Gasteiger partial charge in [0.25, 0.3) is 0 Å². The van der Waals surface area contributed by atoms with E-state index in [1.54, 1.807) is 10.6 Å². The van der Waals surface area contributed by atoms with Gasteiger partial charge in [-0.25, -0.2) is 9.18 Å². The van der Waals surface area contributed by atoms with Crippen LogP contribution in [0.25, 0.3) is 10.9 Å². The molecule has 2 aliphatic rings. The minimum absolute atomic E-state index is 0.0289. The van der Waals surface area contributed by atoms with E-state index in [0.29, 0.717) is 17.7 Å². The van der Waals surface area contributed by atoms with Crippen molar-refractivity contribution in [3.8, 4) is 0 Å². The molecule has 2 aromatic rings. The Balaban J connectivity index is 1.94. The van der Waals surface area contributed by atoms with E-state index in [2.05, 4.69) is 0 Å². The lowest BCUT2D eigenvalue weighted by Gasteiger charge is -2.53. The number of aromatic carboxylic acids is 1. The third kappa shape index (κ3) is 2.33. The van der Waals surface area contributed by atoms with Crippen molar-refractivity contribution >= 4 is 22.6 Å². The van der Waals surface area contributed by atoms with E-state index in [9.17, 15) is 19.1 Å². The summed E-state index contributed by atoms with van der Waals surface area (Å²) < 4.78 is 16.5. The predicted molar refractivity (Wildman–Crippen MR) is 92.8 cm³/mol. The summed E-state index contributed by atoms with van der Waals surface area (Å²) in [6.45, 7) is 4.39. The number of aromatic nitrogens is 1. The van der Waals surface area contributed by atoms with Crippen LogP contribution in [0.2, 0.25) is 0 Å². The zero-order chi connectivity index (χ0) is 18.1. The van der Waals surface area contributed by atoms with Crippen LogP contribution >= 0.6 is 0 Å². The highest BCUT2D eigenvalue weighted by Gasteiger charge is 2.44. The molecule has 1 aliphatic carbocycles. The lowest BCUT2D eigenvalue weighted by molar-refractivity contribution is 0.0695. The largest absolute Gasteiger partial charge is 0.477 e. The van der Waals surface area contributed by atoms with Crippen LogP contribution < -0.4 is 16.1 Å². The van der Waals surface area contributed by atoms with Gasteiger partial charge in [-0.05, 0) is 38.8 Å². The molecular formula is C18H20FN3O3. The van der Waals surface area contributed by atoms with Crippen LogP contribution in [0.15, 0.2) is 23.1 Å². The summed E-state index contributed by atoms with van der Waals surface area (Å²) in [5, 5.41) is 9.38. The maximum Gasteiger partial charge on any atom is 0.341 e. The Bertz CT molecular complexity index is 962. The zero-order valence-electron chi connectivity index (χ0n) is 14.1. The van der Waals surface area contributed by atoms with Gasteiger partial charge in [0.1, 0.15) is 11.4 Å². The molecule has 6 nitrogen and oxygen atoms in total. The van der Waals surface area contributed by atoms with E-state index in [4.69, 9.17) is 5.73 Å². The average Bonchev–Trinajstić information content (AvgIpc) is 3.37. The van der Waals surface area contributed by atoms with Gasteiger partial charge in [0.2, 0.25) is 5.43 Å². The van der Waals surface area contributed by atoms with Gasteiger partial charge in [-0.15, -0.1) is 0 Å². The summed E-state index contributed by atoms with van der Waals surface area (Å²) in [7, 11) is 0. The van der Waals surface area contributed by atoms with Crippen molar-refractivity contribution < 1.29 is 14.3 Å². The Morgan fingerprint density at radius 1 is 1.40 bits per heavy atom. The highest BCUT2D eigenvalue weighted by Crippen LogP contribution is 2.40. The maximum atomic E-state index is 14.7. The molecule has 1 saturated heterocycles. The number of nitrogens with two attached hydrogens (primary N) is 1. The van der Waals surface area contributed by atoms with Crippen molar-refractivity contribution in [2.24, 2.45) is 5.73 Å². The average molecular weight is 345 g/mol. The molecule has 3 N–H and O–H groups in total. The number of hydrogen-bond donors (Lipinski definition) is 2. The van der Waals surface area contributed by atoms with Crippen LogP contribution in [-0.2, 0) is 0 Å². The van der Waals surface area contributed by atoms with Crippen molar-refractivity contribution in [3.05, 3.63) is 39.9 Å². The number of hydrogen-bond acceptors (Lipinski definition) is 4. The van der Waals surface area contributed by atoms with Gasteiger partial charge in [-0.1, -0.05) is 0 Å². The first-order valence-corrected chi connectivity index (χ1v) is 8.38. The number of nitrogens with zero attached hydrogens (tertiary/aromatic N) is 2. The fourth-order valence-corrected chi connectivity index (χ4v) is 3.56. The highest BCUT2D eigenvalue weighted by atomic mass is 19.1. The molecule has 0 spiro atoms. The Kier molecular flexibility index (Phi) is 3.25. The molecule has 132 valence electrons. The number of rotatable bonds is 3. The minimum atomic E-state index is -1.29. The molecule has 1 aromatic heterocycles. The number of fused-ring (bicyclic) bond motifs is 1. The zero-order valence-corrected chi connectivity index (χ0v) is 14.1. The molecule has 7 heteroatoms. The second-order valence-electron chi connectivity index (χ2n) is 7.45. The number of carboxylic acid groups (broad SMARTS) is 1. The van der Waals surface area contributed by atoms with Crippen LogP contribution in [0, 0.1) is 5.82 Å². The van der Waals surface area contributed by atoms with E-state index in [1.165, 1.54) is 6.20 Å². The molecule has 2 fully saturated rings. The Morgan fingerprint density at radius 3 is 2.60 bits per heavy atom. The molecule has 2 unspecified atom stereocenters. The van der Waals surface area contributed by atoms with Crippen molar-refractivity contribution in [1.82, 2.24) is 4.57 Å². The van der Waals surface area contributed by atoms with Crippen molar-refractivity contribution in [1.29, 1.82) is 0 Å². The first-order valence-electron chi connectivity index (χ1n) is 8.38. The van der Waals surface area contributed by atoms with Gasteiger partial charge in [-0.2, -0.15) is 0 Å². The van der Waals surface area contributed by atoms with Gasteiger partial charge < -0.3 is 20.3 Å². The fraction of sp³-hybridized carbons (Fsp3) is 0.444. The normalized spacial score (nSPS) is 25.9. The van der Waals surface area contributed by atoms with Gasteiger partial charge in [0.05, 0.1) is 16.7 Å². The van der Waals surface area contributed by atoms with Crippen molar-refractivity contribution in [3.63, 3.8) is 0 Å². The summed E-state index contributed by atoms with van der Waals surface area (Å²) in [6, 6.07) is 2.95. The van der Waals surface area contributed by atoms with Crippen LogP contribution in [0.5, 0.6) is 0 Å². The molecule has 2 heterocycles. The molecular weight excluding hydrogens is 325 g/mol. The van der Waals surface area contributed by atoms with Crippen molar-refractivity contribution in [2.45, 2.75) is 44.3 Å². The molecule has 0 bridgehead atoms. The number of anilines is 1. The molecule has 1 aliphatic heterocycles. The Hall–Kier alpha value is -2.41. The van der Waals surface area contributed by atoms with E-state index in [1.807, 2.05) is 18.7 Å². The van der Waals surface area contributed by atoms with E-state index < -0.39 is 17.2 Å². The van der Waals surface area contributed by atoms with Crippen molar-refractivity contribution in [2.75, 3.05) is 11.4 Å². The fourth-order valence-electron chi connectivity index (χ4n) is 3.56. The molecule has 0 radical (unpaired) electrons. The predicted octanol–water partition coefficient (Wildman–Crippen LogP) is 2.10. The summed E-state index contributed by atoms with van der Waals surface area (Å²) in [5.74, 6) is -1.82. The van der Waals surface area contributed by atoms with Gasteiger partial charge in [0, 0.05) is 30.2 Å². The topological polar surface area (TPSA) is 88.6 Å². The molecule has 0 amide bonds. The number of halogens is 1. The van der Waals surface area contributed by atoms with Gasteiger partial charge >= 0.3 is 5.97 Å². The summed E-state index contributed by atoms with van der Waals surface area (Å²) in [6.07, 6.45) is 3.23. The second kappa shape index (κ2) is 5.05. The molecule has 2 atom stereocenters. The lowest BCUT2D eigenvalue weighted by Crippen LogP contribution is -2.72. The van der Waals surface area contributed by atoms with Gasteiger partial charge in [0.15, 0.2) is 0 Å². The Labute approximate surface area is 143 Å². The maximum absolute atomic E-state index is 14.7.